The monoisotopic (exact) mass is 219 g/mol. The fraction of sp³-hybridized carbons (Fsp3) is 0.875. The number of nitriles is 1. The van der Waals surface area contributed by atoms with E-state index in [1.807, 2.05) is 0 Å². The first-order valence-electron chi connectivity index (χ1n) is 4.41. The molecule has 0 atom stereocenters. The zero-order chi connectivity index (χ0) is 10.9. The van der Waals surface area contributed by atoms with E-state index in [2.05, 4.69) is 4.74 Å². The van der Waals surface area contributed by atoms with Crippen LogP contribution in [0.4, 0.5) is 0 Å². The number of rotatable bonds is 8. The molecule has 0 aromatic rings. The molecule has 0 fully saturated rings. The highest BCUT2D eigenvalue weighted by atomic mass is 28.4. The highest BCUT2D eigenvalue weighted by Crippen LogP contribution is 2.15. The molecular formula is C8H17NO4Si. The lowest BCUT2D eigenvalue weighted by Crippen LogP contribution is -2.42. The third kappa shape index (κ3) is 4.57. The predicted octanol–water partition coefficient (Wildman–Crippen LogP) is 1.14. The molecule has 6 heteroatoms. The summed E-state index contributed by atoms with van der Waals surface area (Å²) in [6.45, 7) is 0.443. The topological polar surface area (TPSA) is 60.7 Å². The molecule has 0 aliphatic heterocycles. The van der Waals surface area contributed by atoms with Gasteiger partial charge < -0.3 is 18.0 Å². The molecule has 0 saturated carbocycles. The summed E-state index contributed by atoms with van der Waals surface area (Å²) in [4.78, 5) is 0. The molecule has 0 N–H and O–H groups in total. The molecule has 82 valence electrons. The lowest BCUT2D eigenvalue weighted by atomic mass is 10.4. The third-order valence-corrected chi connectivity index (χ3v) is 4.81. The van der Waals surface area contributed by atoms with E-state index in [9.17, 15) is 0 Å². The molecule has 0 spiro atoms. The fourth-order valence-electron chi connectivity index (χ4n) is 1.12. The Labute approximate surface area is 85.9 Å². The van der Waals surface area contributed by atoms with Gasteiger partial charge in [0.1, 0.15) is 6.61 Å². The molecule has 5 nitrogen and oxygen atoms in total. The minimum Gasteiger partial charge on any atom is -0.428 e. The quantitative estimate of drug-likeness (QED) is 0.348. The SMILES string of the molecule is CO[Si](CCCCOC#N)(OC)OC. The Morgan fingerprint density at radius 3 is 2.07 bits per heavy atom. The first-order valence-corrected chi connectivity index (χ1v) is 6.34. The summed E-state index contributed by atoms with van der Waals surface area (Å²) in [6, 6.07) is 0.741. The molecular weight excluding hydrogens is 202 g/mol. The maximum atomic E-state index is 8.13. The second-order valence-corrected chi connectivity index (χ2v) is 5.78. The van der Waals surface area contributed by atoms with Crippen molar-refractivity contribution in [1.82, 2.24) is 0 Å². The summed E-state index contributed by atoms with van der Waals surface area (Å²) in [7, 11) is 2.35. The highest BCUT2D eigenvalue weighted by Gasteiger charge is 2.36. The van der Waals surface area contributed by atoms with Crippen LogP contribution in [0, 0.1) is 11.5 Å². The van der Waals surface area contributed by atoms with Crippen molar-refractivity contribution in [2.45, 2.75) is 18.9 Å². The van der Waals surface area contributed by atoms with Gasteiger partial charge in [0.2, 0.25) is 0 Å². The van der Waals surface area contributed by atoms with Gasteiger partial charge in [-0.1, -0.05) is 0 Å². The van der Waals surface area contributed by atoms with Crippen molar-refractivity contribution in [2.24, 2.45) is 0 Å². The van der Waals surface area contributed by atoms with Crippen LogP contribution in [0.25, 0.3) is 0 Å². The van der Waals surface area contributed by atoms with Crippen LogP contribution in [0.2, 0.25) is 6.04 Å². The molecule has 0 amide bonds. The average Bonchev–Trinajstić information content (AvgIpc) is 2.24. The van der Waals surface area contributed by atoms with Gasteiger partial charge in [-0.05, 0) is 12.8 Å². The van der Waals surface area contributed by atoms with Gasteiger partial charge in [-0.2, -0.15) is 5.26 Å². The Balaban J connectivity index is 3.67. The number of unbranched alkanes of at least 4 members (excludes halogenated alkanes) is 1. The smallest absolute Gasteiger partial charge is 0.428 e. The molecule has 0 rings (SSSR count). The average molecular weight is 219 g/mol. The van der Waals surface area contributed by atoms with Gasteiger partial charge in [0.15, 0.2) is 0 Å². The van der Waals surface area contributed by atoms with E-state index in [4.69, 9.17) is 18.5 Å². The van der Waals surface area contributed by atoms with Crippen molar-refractivity contribution >= 4 is 8.80 Å². The van der Waals surface area contributed by atoms with Gasteiger partial charge in [0.05, 0.1) is 0 Å². The Hall–Kier alpha value is -0.613. The highest BCUT2D eigenvalue weighted by molar-refractivity contribution is 6.60. The predicted molar refractivity (Wildman–Crippen MR) is 52.4 cm³/mol. The Kier molecular flexibility index (Phi) is 7.42. The second kappa shape index (κ2) is 7.76. The van der Waals surface area contributed by atoms with Crippen LogP contribution in [0.1, 0.15) is 12.8 Å². The number of ether oxygens (including phenoxy) is 1. The van der Waals surface area contributed by atoms with Gasteiger partial charge in [-0.25, -0.2) is 0 Å². The Morgan fingerprint density at radius 2 is 1.64 bits per heavy atom. The molecule has 14 heavy (non-hydrogen) atoms. The second-order valence-electron chi connectivity index (χ2n) is 2.69. The van der Waals surface area contributed by atoms with Crippen molar-refractivity contribution in [2.75, 3.05) is 27.9 Å². The largest absolute Gasteiger partial charge is 0.500 e. The molecule has 0 radical (unpaired) electrons. The van der Waals surface area contributed by atoms with Crippen LogP contribution in [0.15, 0.2) is 0 Å². The van der Waals surface area contributed by atoms with E-state index in [1.165, 1.54) is 0 Å². The first-order chi connectivity index (χ1) is 6.74. The minimum atomic E-state index is -2.42. The van der Waals surface area contributed by atoms with E-state index in [0.717, 1.165) is 18.9 Å². The van der Waals surface area contributed by atoms with Gasteiger partial charge in [-0.15, -0.1) is 0 Å². The van der Waals surface area contributed by atoms with E-state index in [0.29, 0.717) is 6.61 Å². The molecule has 0 aliphatic carbocycles. The van der Waals surface area contributed by atoms with E-state index < -0.39 is 8.80 Å². The summed E-state index contributed by atoms with van der Waals surface area (Å²) in [6.07, 6.45) is 3.29. The van der Waals surface area contributed by atoms with Crippen LogP contribution in [-0.4, -0.2) is 36.7 Å². The number of hydrogen-bond donors (Lipinski definition) is 0. The minimum absolute atomic E-state index is 0.443. The van der Waals surface area contributed by atoms with Crippen LogP contribution >= 0.6 is 0 Å². The van der Waals surface area contributed by atoms with Crippen molar-refractivity contribution in [3.63, 3.8) is 0 Å². The maximum absolute atomic E-state index is 8.13. The molecule has 0 saturated heterocycles. The zero-order valence-corrected chi connectivity index (χ0v) is 9.91. The molecule has 0 aromatic carbocycles. The maximum Gasteiger partial charge on any atom is 0.500 e. The van der Waals surface area contributed by atoms with E-state index >= 15 is 0 Å². The first kappa shape index (κ1) is 13.4. The fourth-order valence-corrected chi connectivity index (χ4v) is 2.91. The Morgan fingerprint density at radius 1 is 1.07 bits per heavy atom. The van der Waals surface area contributed by atoms with E-state index in [-0.39, 0.29) is 0 Å². The van der Waals surface area contributed by atoms with Gasteiger partial charge in [-0.3, -0.25) is 0 Å². The standard InChI is InChI=1S/C8H17NO4Si/c1-10-14(11-2,12-3)7-5-4-6-13-8-9/h4-7H2,1-3H3. The van der Waals surface area contributed by atoms with E-state index in [1.54, 1.807) is 27.6 Å². The van der Waals surface area contributed by atoms with Crippen LogP contribution in [0.3, 0.4) is 0 Å². The summed E-state index contributed by atoms with van der Waals surface area (Å²) < 4.78 is 20.2. The lowest BCUT2D eigenvalue weighted by molar-refractivity contribution is 0.122. The molecule has 0 aliphatic rings. The molecule has 0 aromatic heterocycles. The van der Waals surface area contributed by atoms with Crippen molar-refractivity contribution in [3.05, 3.63) is 0 Å². The van der Waals surface area contributed by atoms with Crippen molar-refractivity contribution in [1.29, 1.82) is 5.26 Å². The van der Waals surface area contributed by atoms with Gasteiger partial charge in [0, 0.05) is 27.4 Å². The lowest BCUT2D eigenvalue weighted by Gasteiger charge is -2.23. The molecule has 0 bridgehead atoms. The summed E-state index contributed by atoms with van der Waals surface area (Å²) in [5, 5.41) is 8.13. The summed E-state index contributed by atoms with van der Waals surface area (Å²) >= 11 is 0. The Bertz CT molecular complexity index is 170. The molecule has 0 heterocycles. The normalized spacial score (nSPS) is 11.0. The van der Waals surface area contributed by atoms with Crippen molar-refractivity contribution < 1.29 is 18.0 Å². The van der Waals surface area contributed by atoms with Crippen LogP contribution in [0.5, 0.6) is 0 Å². The summed E-state index contributed by atoms with van der Waals surface area (Å²) in [5.74, 6) is 0. The number of hydrogen-bond acceptors (Lipinski definition) is 5. The van der Waals surface area contributed by atoms with Crippen LogP contribution < -0.4 is 0 Å². The van der Waals surface area contributed by atoms with Gasteiger partial charge >= 0.3 is 8.80 Å². The zero-order valence-electron chi connectivity index (χ0n) is 8.91. The molecule has 0 unspecified atom stereocenters. The third-order valence-electron chi connectivity index (χ3n) is 1.98. The van der Waals surface area contributed by atoms with Crippen LogP contribution in [-0.2, 0) is 18.0 Å². The summed E-state index contributed by atoms with van der Waals surface area (Å²) in [5.41, 5.74) is 0. The van der Waals surface area contributed by atoms with Crippen molar-refractivity contribution in [3.8, 4) is 6.26 Å². The van der Waals surface area contributed by atoms with Gasteiger partial charge in [0.25, 0.3) is 6.26 Å². The number of nitrogens with zero attached hydrogens (tertiary/aromatic N) is 1.